The predicted octanol–water partition coefficient (Wildman–Crippen LogP) is 0.907. The van der Waals surface area contributed by atoms with Gasteiger partial charge in [0, 0.05) is 7.05 Å². The highest BCUT2D eigenvalue weighted by atomic mass is 32.2. The lowest BCUT2D eigenvalue weighted by atomic mass is 10.3. The van der Waals surface area contributed by atoms with Crippen LogP contribution in [0, 0.1) is 0 Å². The molecule has 3 rings (SSSR count). The number of aryl methyl sites for hydroxylation is 1. The van der Waals surface area contributed by atoms with Crippen LogP contribution in [0.5, 0.6) is 5.75 Å². The number of hydrogen-bond donors (Lipinski definition) is 2. The van der Waals surface area contributed by atoms with E-state index in [4.69, 9.17) is 9.47 Å². The Morgan fingerprint density at radius 3 is 2.68 bits per heavy atom. The Morgan fingerprint density at radius 2 is 2.00 bits per heavy atom. The van der Waals surface area contributed by atoms with Crippen LogP contribution in [-0.2, 0) is 23.1 Å². The number of carbonyl (C=O) groups excluding carboxylic acids is 1. The number of aliphatic hydroxyl groups excluding tert-OH is 1. The average molecular weight is 449 g/mol. The first kappa shape index (κ1) is 22.6. The number of imidazole rings is 1. The second kappa shape index (κ2) is 9.84. The largest absolute Gasteiger partial charge is 0.491 e. The molecule has 2 N–H and O–H groups in total. The Morgan fingerprint density at radius 1 is 1.29 bits per heavy atom. The molecule has 0 fully saturated rings. The summed E-state index contributed by atoms with van der Waals surface area (Å²) >= 11 is 1.08. The van der Waals surface area contributed by atoms with E-state index >= 15 is 0 Å². The number of hydrogen-bond acceptors (Lipinski definition) is 8. The number of nitrogens with zero attached hydrogens (tertiary/aromatic N) is 3. The number of thioether (sulfide) groups is 1. The number of carbonyl (C=O) groups is 1. The number of aromatic amines is 1. The van der Waals surface area contributed by atoms with Gasteiger partial charge in [0.2, 0.25) is 0 Å². The summed E-state index contributed by atoms with van der Waals surface area (Å²) in [5, 5.41) is 10.3. The third-order valence-corrected chi connectivity index (χ3v) is 5.52. The van der Waals surface area contributed by atoms with Crippen molar-refractivity contribution in [2.75, 3.05) is 13.2 Å². The molecule has 0 unspecified atom stereocenters. The van der Waals surface area contributed by atoms with E-state index in [9.17, 15) is 19.5 Å². The molecule has 10 nitrogen and oxygen atoms in total. The highest BCUT2D eigenvalue weighted by Gasteiger charge is 2.24. The summed E-state index contributed by atoms with van der Waals surface area (Å²) < 4.78 is 13.3. The number of nitrogens with one attached hydrogen (secondary N) is 1. The van der Waals surface area contributed by atoms with Crippen LogP contribution in [0.4, 0.5) is 0 Å². The van der Waals surface area contributed by atoms with Gasteiger partial charge in [-0.1, -0.05) is 30.0 Å². The van der Waals surface area contributed by atoms with E-state index in [0.717, 1.165) is 11.8 Å². The molecule has 1 aromatic carbocycles. The predicted molar refractivity (Wildman–Crippen MR) is 115 cm³/mol. The van der Waals surface area contributed by atoms with Gasteiger partial charge < -0.3 is 19.1 Å². The maximum absolute atomic E-state index is 12.5. The summed E-state index contributed by atoms with van der Waals surface area (Å²) in [4.78, 5) is 43.2. The number of aromatic nitrogens is 4. The van der Waals surface area contributed by atoms with Crippen molar-refractivity contribution in [3.8, 4) is 5.75 Å². The van der Waals surface area contributed by atoms with Gasteiger partial charge in [-0.25, -0.2) is 9.78 Å². The van der Waals surface area contributed by atoms with Gasteiger partial charge >= 0.3 is 11.7 Å². The maximum Gasteiger partial charge on any atom is 0.329 e. The first-order valence-electron chi connectivity index (χ1n) is 9.70. The van der Waals surface area contributed by atoms with E-state index in [2.05, 4.69) is 9.97 Å². The van der Waals surface area contributed by atoms with Crippen LogP contribution in [-0.4, -0.2) is 54.7 Å². The quantitative estimate of drug-likeness (QED) is 0.365. The number of esters is 1. The fourth-order valence-electron chi connectivity index (χ4n) is 2.91. The van der Waals surface area contributed by atoms with E-state index in [-0.39, 0.29) is 30.9 Å². The molecule has 11 heteroatoms. The van der Waals surface area contributed by atoms with Crippen molar-refractivity contribution in [2.45, 2.75) is 36.9 Å². The number of H-pyrrole nitrogens is 1. The van der Waals surface area contributed by atoms with E-state index in [1.54, 1.807) is 26.0 Å². The first-order chi connectivity index (χ1) is 14.8. The molecule has 2 heterocycles. The molecule has 2 atom stereocenters. The minimum Gasteiger partial charge on any atom is -0.491 e. The standard InChI is InChI=1S/C20H24N4O6S/c1-4-29-18(27)12(2)31-20-21-16-15(17(26)22-19(28)23(16)3)24(20)10-13(25)11-30-14-8-6-5-7-9-14/h5-9,12-13,25H,4,10-11H2,1-3H3,(H,22,26,28)/t12-,13-/m1/s1. The molecule has 3 aromatic rings. The molecule has 0 amide bonds. The molecule has 0 aliphatic carbocycles. The van der Waals surface area contributed by atoms with Gasteiger partial charge in [-0.15, -0.1) is 0 Å². The summed E-state index contributed by atoms with van der Waals surface area (Å²) in [6, 6.07) is 9.02. The minimum absolute atomic E-state index is 0.0229. The normalized spacial score (nSPS) is 13.2. The number of rotatable bonds is 9. The Hall–Kier alpha value is -3.05. The highest BCUT2D eigenvalue weighted by Crippen LogP contribution is 2.26. The molecule has 2 aromatic heterocycles. The van der Waals surface area contributed by atoms with Crippen molar-refractivity contribution in [3.05, 3.63) is 51.2 Å². The van der Waals surface area contributed by atoms with Crippen LogP contribution in [0.25, 0.3) is 11.2 Å². The van der Waals surface area contributed by atoms with Gasteiger partial charge in [0.25, 0.3) is 5.56 Å². The van der Waals surface area contributed by atoms with Gasteiger partial charge in [-0.2, -0.15) is 0 Å². The van der Waals surface area contributed by atoms with Crippen molar-refractivity contribution < 1.29 is 19.4 Å². The topological polar surface area (TPSA) is 128 Å². The monoisotopic (exact) mass is 448 g/mol. The number of ether oxygens (including phenoxy) is 2. The van der Waals surface area contributed by atoms with E-state index in [0.29, 0.717) is 10.9 Å². The third kappa shape index (κ3) is 5.17. The zero-order valence-electron chi connectivity index (χ0n) is 17.4. The number of benzene rings is 1. The Bertz CT molecular complexity index is 1170. The van der Waals surface area contributed by atoms with Gasteiger partial charge in [0.05, 0.1) is 13.2 Å². The third-order valence-electron chi connectivity index (χ3n) is 4.45. The van der Waals surface area contributed by atoms with Crippen molar-refractivity contribution in [3.63, 3.8) is 0 Å². The summed E-state index contributed by atoms with van der Waals surface area (Å²) in [5.74, 6) is 0.171. The van der Waals surface area contributed by atoms with Gasteiger partial charge in [0.15, 0.2) is 16.3 Å². The van der Waals surface area contributed by atoms with Crippen molar-refractivity contribution in [1.82, 2.24) is 19.1 Å². The van der Waals surface area contributed by atoms with Gasteiger partial charge in [-0.05, 0) is 26.0 Å². The lowest BCUT2D eigenvalue weighted by Gasteiger charge is -2.16. The number of aliphatic hydroxyl groups is 1. The Kier molecular flexibility index (Phi) is 7.18. The van der Waals surface area contributed by atoms with Crippen molar-refractivity contribution in [1.29, 1.82) is 0 Å². The lowest BCUT2D eigenvalue weighted by molar-refractivity contribution is -0.142. The molecule has 0 aliphatic rings. The second-order valence-corrected chi connectivity index (χ2v) is 8.09. The molecular formula is C20H24N4O6S. The molecule has 0 saturated carbocycles. The first-order valence-corrected chi connectivity index (χ1v) is 10.6. The SMILES string of the molecule is CCOC(=O)[C@@H](C)Sc1nc2c(c(=O)[nH]c(=O)n2C)n1C[C@@H](O)COc1ccccc1. The highest BCUT2D eigenvalue weighted by molar-refractivity contribution is 8.00. The zero-order chi connectivity index (χ0) is 22.5. The van der Waals surface area contributed by atoms with E-state index < -0.39 is 28.6 Å². The van der Waals surface area contributed by atoms with Crippen LogP contribution in [0.3, 0.4) is 0 Å². The second-order valence-electron chi connectivity index (χ2n) is 6.79. The Balaban J connectivity index is 1.93. The molecule has 0 radical (unpaired) electrons. The van der Waals surface area contributed by atoms with E-state index in [1.807, 2.05) is 18.2 Å². The molecule has 0 aliphatic heterocycles. The molecule has 0 spiro atoms. The van der Waals surface area contributed by atoms with Crippen LogP contribution in [0.2, 0.25) is 0 Å². The summed E-state index contributed by atoms with van der Waals surface area (Å²) in [6.45, 7) is 3.56. The number of fused-ring (bicyclic) bond motifs is 1. The summed E-state index contributed by atoms with van der Waals surface area (Å²) in [6.07, 6.45) is -0.980. The van der Waals surface area contributed by atoms with Crippen LogP contribution >= 0.6 is 11.8 Å². The molecule has 166 valence electrons. The average Bonchev–Trinajstić information content (AvgIpc) is 3.10. The van der Waals surface area contributed by atoms with E-state index in [1.165, 1.54) is 16.2 Å². The maximum atomic E-state index is 12.5. The van der Waals surface area contributed by atoms with Gasteiger partial charge in [-0.3, -0.25) is 19.1 Å². The smallest absolute Gasteiger partial charge is 0.329 e. The fourth-order valence-corrected chi connectivity index (χ4v) is 3.83. The minimum atomic E-state index is -0.980. The van der Waals surface area contributed by atoms with Crippen LogP contribution < -0.4 is 16.0 Å². The summed E-state index contributed by atoms with van der Waals surface area (Å²) in [5.41, 5.74) is -0.953. The Labute approximate surface area is 181 Å². The lowest BCUT2D eigenvalue weighted by Crippen LogP contribution is -2.30. The van der Waals surface area contributed by atoms with Crippen molar-refractivity contribution >= 4 is 28.9 Å². The molecule has 31 heavy (non-hydrogen) atoms. The van der Waals surface area contributed by atoms with Crippen LogP contribution in [0.1, 0.15) is 13.8 Å². The molecule has 0 saturated heterocycles. The molecular weight excluding hydrogens is 424 g/mol. The number of para-hydroxylation sites is 1. The van der Waals surface area contributed by atoms with Crippen LogP contribution in [0.15, 0.2) is 45.1 Å². The van der Waals surface area contributed by atoms with Crippen molar-refractivity contribution in [2.24, 2.45) is 7.05 Å². The molecule has 0 bridgehead atoms. The zero-order valence-corrected chi connectivity index (χ0v) is 18.2. The van der Waals surface area contributed by atoms with Gasteiger partial charge in [0.1, 0.15) is 23.7 Å². The fraction of sp³-hybridized carbons (Fsp3) is 0.400. The summed E-state index contributed by atoms with van der Waals surface area (Å²) in [7, 11) is 1.48.